The summed E-state index contributed by atoms with van der Waals surface area (Å²) < 4.78 is 28.4. The van der Waals surface area contributed by atoms with Crippen molar-refractivity contribution in [2.24, 2.45) is 16.7 Å². The van der Waals surface area contributed by atoms with Gasteiger partial charge in [0.15, 0.2) is 5.82 Å². The summed E-state index contributed by atoms with van der Waals surface area (Å²) in [5.74, 6) is 5.45. The number of hydrazine groups is 1. The van der Waals surface area contributed by atoms with Gasteiger partial charge in [-0.2, -0.15) is 0 Å². The monoisotopic (exact) mass is 362 g/mol. The fourth-order valence-electron chi connectivity index (χ4n) is 2.44. The van der Waals surface area contributed by atoms with Gasteiger partial charge in [-0.1, -0.05) is 27.7 Å². The molecule has 112 valence electrons. The van der Waals surface area contributed by atoms with Gasteiger partial charge < -0.3 is 5.43 Å². The first-order valence-electron chi connectivity index (χ1n) is 6.18. The minimum atomic E-state index is -3.69. The zero-order valence-electron chi connectivity index (χ0n) is 11.9. The minimum absolute atomic E-state index is 0.0351. The van der Waals surface area contributed by atoms with Gasteiger partial charge in [0, 0.05) is 16.7 Å². The van der Waals surface area contributed by atoms with E-state index in [2.05, 4.69) is 31.1 Å². The normalized spacial score (nSPS) is 20.7. The van der Waals surface area contributed by atoms with Gasteiger partial charge in [-0.15, -0.1) is 0 Å². The molecule has 0 spiro atoms. The fraction of sp³-hybridized carbons (Fsp3) is 0.583. The van der Waals surface area contributed by atoms with E-state index in [4.69, 9.17) is 5.84 Å². The second-order valence-electron chi connectivity index (χ2n) is 6.14. The SMILES string of the molecule is CC1(C)C(NS(=O)(=O)c2cc(Br)cnc2NN)C1(C)C. The first-order valence-corrected chi connectivity index (χ1v) is 8.46. The molecule has 4 N–H and O–H groups in total. The third-order valence-electron chi connectivity index (χ3n) is 4.54. The first kappa shape index (κ1) is 15.7. The van der Waals surface area contributed by atoms with E-state index in [9.17, 15) is 8.42 Å². The van der Waals surface area contributed by atoms with Crippen molar-refractivity contribution in [1.29, 1.82) is 0 Å². The zero-order valence-corrected chi connectivity index (χ0v) is 14.3. The van der Waals surface area contributed by atoms with Crippen molar-refractivity contribution in [3.05, 3.63) is 16.7 Å². The Hall–Kier alpha value is -0.700. The van der Waals surface area contributed by atoms with E-state index in [-0.39, 0.29) is 27.6 Å². The quantitative estimate of drug-likeness (QED) is 0.560. The molecule has 1 aliphatic carbocycles. The molecule has 0 bridgehead atoms. The smallest absolute Gasteiger partial charge is 0.244 e. The number of sulfonamides is 1. The molecule has 1 heterocycles. The zero-order chi connectivity index (χ0) is 15.3. The predicted molar refractivity (Wildman–Crippen MR) is 81.4 cm³/mol. The first-order chi connectivity index (χ1) is 9.04. The van der Waals surface area contributed by atoms with E-state index >= 15 is 0 Å². The van der Waals surface area contributed by atoms with Gasteiger partial charge >= 0.3 is 0 Å². The molecular formula is C12H19BrN4O2S. The van der Waals surface area contributed by atoms with Crippen LogP contribution >= 0.6 is 15.9 Å². The maximum atomic E-state index is 12.5. The Morgan fingerprint density at radius 2 is 1.85 bits per heavy atom. The van der Waals surface area contributed by atoms with E-state index in [1.165, 1.54) is 12.3 Å². The third kappa shape index (κ3) is 2.34. The number of hydrogen-bond acceptors (Lipinski definition) is 5. The number of nitrogen functional groups attached to an aromatic ring is 1. The van der Waals surface area contributed by atoms with Crippen LogP contribution in [0, 0.1) is 10.8 Å². The highest BCUT2D eigenvalue weighted by Crippen LogP contribution is 2.63. The largest absolute Gasteiger partial charge is 0.307 e. The molecular weight excluding hydrogens is 344 g/mol. The van der Waals surface area contributed by atoms with Gasteiger partial charge in [0.2, 0.25) is 10.0 Å². The van der Waals surface area contributed by atoms with Gasteiger partial charge in [-0.3, -0.25) is 0 Å². The van der Waals surface area contributed by atoms with Crippen LogP contribution in [0.25, 0.3) is 0 Å². The third-order valence-corrected chi connectivity index (χ3v) is 6.41. The van der Waals surface area contributed by atoms with Crippen LogP contribution in [0.5, 0.6) is 0 Å². The average Bonchev–Trinajstić information content (AvgIpc) is 2.71. The van der Waals surface area contributed by atoms with E-state index in [0.717, 1.165) is 0 Å². The molecule has 1 aromatic rings. The van der Waals surface area contributed by atoms with Crippen LogP contribution < -0.4 is 16.0 Å². The molecule has 6 nitrogen and oxygen atoms in total. The standard InChI is InChI=1S/C12H19BrN4O2S/c1-11(2)10(12(11,3)4)17-20(18,19)8-5-7(13)6-15-9(8)16-14/h5-6,10,17H,14H2,1-4H3,(H,15,16). The molecule has 8 heteroatoms. The van der Waals surface area contributed by atoms with E-state index < -0.39 is 10.0 Å². The number of nitrogens with one attached hydrogen (secondary N) is 2. The Balaban J connectivity index is 2.36. The number of aromatic nitrogens is 1. The molecule has 1 saturated carbocycles. The summed E-state index contributed by atoms with van der Waals surface area (Å²) >= 11 is 3.22. The molecule has 0 radical (unpaired) electrons. The van der Waals surface area contributed by atoms with Crippen molar-refractivity contribution >= 4 is 31.8 Å². The van der Waals surface area contributed by atoms with Gasteiger partial charge in [-0.05, 0) is 32.8 Å². The maximum absolute atomic E-state index is 12.5. The Morgan fingerprint density at radius 1 is 1.30 bits per heavy atom. The number of nitrogens with two attached hydrogens (primary N) is 1. The molecule has 0 unspecified atom stereocenters. The van der Waals surface area contributed by atoms with Gasteiger partial charge in [0.1, 0.15) is 4.90 Å². The Bertz CT molecular complexity index is 629. The van der Waals surface area contributed by atoms with Crippen molar-refractivity contribution in [3.8, 4) is 0 Å². The van der Waals surface area contributed by atoms with Crippen LogP contribution in [-0.4, -0.2) is 19.4 Å². The van der Waals surface area contributed by atoms with Crippen molar-refractivity contribution in [2.75, 3.05) is 5.43 Å². The van der Waals surface area contributed by atoms with Crippen LogP contribution in [0.15, 0.2) is 21.6 Å². The molecule has 1 fully saturated rings. The number of halogens is 1. The number of pyridine rings is 1. The van der Waals surface area contributed by atoms with Crippen molar-refractivity contribution in [3.63, 3.8) is 0 Å². The molecule has 0 amide bonds. The molecule has 1 aliphatic rings. The summed E-state index contributed by atoms with van der Waals surface area (Å²) in [7, 11) is -3.69. The predicted octanol–water partition coefficient (Wildman–Crippen LogP) is 1.84. The molecule has 0 saturated heterocycles. The highest BCUT2D eigenvalue weighted by atomic mass is 79.9. The Kier molecular flexibility index (Phi) is 3.65. The number of rotatable bonds is 4. The number of nitrogens with zero attached hydrogens (tertiary/aromatic N) is 1. The minimum Gasteiger partial charge on any atom is -0.307 e. The van der Waals surface area contributed by atoms with E-state index in [0.29, 0.717) is 4.47 Å². The second-order valence-corrected chi connectivity index (χ2v) is 8.74. The Labute approximate surface area is 127 Å². The lowest BCUT2D eigenvalue weighted by atomic mass is 10.0. The maximum Gasteiger partial charge on any atom is 0.244 e. The average molecular weight is 363 g/mol. The van der Waals surface area contributed by atoms with Crippen LogP contribution in [0.4, 0.5) is 5.82 Å². The van der Waals surface area contributed by atoms with Crippen LogP contribution in [0.3, 0.4) is 0 Å². The highest BCUT2D eigenvalue weighted by molar-refractivity contribution is 9.10. The second kappa shape index (κ2) is 4.66. The summed E-state index contributed by atoms with van der Waals surface area (Å²) in [6, 6.07) is 1.36. The number of anilines is 1. The topological polar surface area (TPSA) is 97.1 Å². The lowest BCUT2D eigenvalue weighted by molar-refractivity contribution is 0.457. The summed E-state index contributed by atoms with van der Waals surface area (Å²) in [5, 5.41) is 0. The molecule has 20 heavy (non-hydrogen) atoms. The van der Waals surface area contributed by atoms with Crippen LogP contribution in [0.1, 0.15) is 27.7 Å². The fourth-order valence-corrected chi connectivity index (χ4v) is 4.60. The molecule has 0 atom stereocenters. The summed E-state index contributed by atoms with van der Waals surface area (Å²) in [6.07, 6.45) is 1.49. The van der Waals surface area contributed by atoms with E-state index in [1.807, 2.05) is 27.7 Å². The lowest BCUT2D eigenvalue weighted by Gasteiger charge is -2.11. The molecule has 1 aromatic heterocycles. The Morgan fingerprint density at radius 3 is 2.30 bits per heavy atom. The molecule has 2 rings (SSSR count). The van der Waals surface area contributed by atoms with Gasteiger partial charge in [0.05, 0.1) is 0 Å². The van der Waals surface area contributed by atoms with Gasteiger partial charge in [-0.25, -0.2) is 24.0 Å². The number of hydrogen-bond donors (Lipinski definition) is 3. The van der Waals surface area contributed by atoms with Crippen LogP contribution in [0.2, 0.25) is 0 Å². The molecule has 0 aromatic carbocycles. The lowest BCUT2D eigenvalue weighted by Crippen LogP contribution is -2.31. The highest BCUT2D eigenvalue weighted by Gasteiger charge is 2.66. The van der Waals surface area contributed by atoms with Crippen molar-refractivity contribution < 1.29 is 8.42 Å². The van der Waals surface area contributed by atoms with Gasteiger partial charge in [0.25, 0.3) is 0 Å². The molecule has 0 aliphatic heterocycles. The summed E-state index contributed by atoms with van der Waals surface area (Å²) in [6.45, 7) is 8.17. The van der Waals surface area contributed by atoms with Crippen molar-refractivity contribution in [1.82, 2.24) is 9.71 Å². The van der Waals surface area contributed by atoms with Crippen molar-refractivity contribution in [2.45, 2.75) is 38.6 Å². The van der Waals surface area contributed by atoms with Crippen LogP contribution in [-0.2, 0) is 10.0 Å². The van der Waals surface area contributed by atoms with E-state index in [1.54, 1.807) is 0 Å². The summed E-state index contributed by atoms with van der Waals surface area (Å²) in [5.41, 5.74) is 2.14. The summed E-state index contributed by atoms with van der Waals surface area (Å²) in [4.78, 5) is 4.00.